The molecule has 1 amide bonds. The fraction of sp³-hybridized carbons (Fsp3) is 0.469. The fourth-order valence-electron chi connectivity index (χ4n) is 13.6. The largest absolute Gasteiger partial charge is 0.497 e. The minimum absolute atomic E-state index is 0.111. The van der Waals surface area contributed by atoms with Crippen LogP contribution in [0.4, 0.5) is 0 Å². The Kier molecular flexibility index (Phi) is 29.0. The van der Waals surface area contributed by atoms with E-state index in [1.54, 1.807) is 14.0 Å². The van der Waals surface area contributed by atoms with E-state index in [1.165, 1.54) is 19.3 Å². The smallest absolute Gasteiger partial charge is 0.217 e. The Balaban J connectivity index is 0.894. The van der Waals surface area contributed by atoms with Crippen molar-refractivity contribution in [1.82, 2.24) is 5.32 Å². The predicted molar refractivity (Wildman–Crippen MR) is 367 cm³/mol. The van der Waals surface area contributed by atoms with Crippen LogP contribution < -0.4 is 10.1 Å². The number of carbonyl (C=O) groups is 1. The van der Waals surface area contributed by atoms with E-state index in [4.69, 9.17) is 52.1 Å². The van der Waals surface area contributed by atoms with Crippen LogP contribution in [0.5, 0.6) is 5.75 Å². The minimum atomic E-state index is -0.552. The Labute approximate surface area is 559 Å². The van der Waals surface area contributed by atoms with Crippen LogP contribution in [0.3, 0.4) is 0 Å². The second kappa shape index (κ2) is 38.8. The third kappa shape index (κ3) is 22.5. The average Bonchev–Trinajstić information content (AvgIpc) is 0.849. The number of rotatable bonds is 38. The molecule has 7 aromatic rings. The average molecular weight is 1280 g/mol. The summed E-state index contributed by atoms with van der Waals surface area (Å²) in [5, 5.41) is 3.40. The number of methoxy groups -OCH3 is 1. The van der Waals surface area contributed by atoms with Crippen LogP contribution in [-0.4, -0.2) is 99.9 Å². The van der Waals surface area contributed by atoms with Gasteiger partial charge in [-0.25, -0.2) is 0 Å². The first-order valence-electron chi connectivity index (χ1n) is 34.6. The summed E-state index contributed by atoms with van der Waals surface area (Å²) in [6.07, 6.45) is 7.56. The van der Waals surface area contributed by atoms with E-state index in [0.29, 0.717) is 78.7 Å². The summed E-state index contributed by atoms with van der Waals surface area (Å²) in [6, 6.07) is 69.5. The van der Waals surface area contributed by atoms with Gasteiger partial charge in [0.25, 0.3) is 0 Å². The summed E-state index contributed by atoms with van der Waals surface area (Å²) in [6.45, 7) is 8.17. The highest BCUT2D eigenvalue weighted by molar-refractivity contribution is 5.73. The van der Waals surface area contributed by atoms with Crippen molar-refractivity contribution in [2.45, 2.75) is 204 Å². The molecule has 0 spiro atoms. The number of unbranched alkanes of at least 4 members (excludes halogenated alkanes) is 7. The second-order valence-corrected chi connectivity index (χ2v) is 25.8. The summed E-state index contributed by atoms with van der Waals surface area (Å²) in [5.74, 6) is 0.461. The van der Waals surface area contributed by atoms with Gasteiger partial charge in [-0.3, -0.25) is 4.79 Å². The van der Waals surface area contributed by atoms with E-state index >= 15 is 0 Å². The molecule has 3 saturated heterocycles. The van der Waals surface area contributed by atoms with Crippen molar-refractivity contribution in [3.63, 3.8) is 0 Å². The zero-order valence-electron chi connectivity index (χ0n) is 55.6. The highest BCUT2D eigenvalue weighted by Crippen LogP contribution is 2.42. The molecule has 13 heteroatoms. The molecule has 10 rings (SSSR count). The lowest BCUT2D eigenvalue weighted by Gasteiger charge is -2.49. The maximum Gasteiger partial charge on any atom is 0.217 e. The molecule has 13 nitrogen and oxygen atoms in total. The van der Waals surface area contributed by atoms with Gasteiger partial charge in [-0.1, -0.05) is 239 Å². The first-order chi connectivity index (χ1) is 46.3. The Bertz CT molecular complexity index is 3150. The first-order valence-corrected chi connectivity index (χ1v) is 34.6. The molecule has 13 atom stereocenters. The molecule has 0 unspecified atom stereocenters. The van der Waals surface area contributed by atoms with Gasteiger partial charge in [0.05, 0.1) is 109 Å². The highest BCUT2D eigenvalue weighted by atomic mass is 16.6. The maximum absolute atomic E-state index is 13.5. The Hall–Kier alpha value is -6.59. The number of hydrogen-bond acceptors (Lipinski definition) is 12. The van der Waals surface area contributed by atoms with Crippen molar-refractivity contribution >= 4 is 5.91 Å². The molecule has 3 aliphatic rings. The molecule has 7 aromatic carbocycles. The van der Waals surface area contributed by atoms with E-state index in [1.807, 2.05) is 109 Å². The Morgan fingerprint density at radius 3 is 1.38 bits per heavy atom. The van der Waals surface area contributed by atoms with Gasteiger partial charge in [0.2, 0.25) is 5.91 Å². The molecule has 94 heavy (non-hydrogen) atoms. The van der Waals surface area contributed by atoms with E-state index in [-0.39, 0.29) is 42.2 Å². The Morgan fingerprint density at radius 2 is 0.862 bits per heavy atom. The standard InChI is InChI=1S/C81H101NO12/c1-60-78(89-54-64-34-20-12-21-35-64)81(92-57-67-40-26-15-27-41-67)80(91-56-66-38-24-14-25-39-66)75(93-60)49-69-48-74(87-53-63-32-18-11-19-33-63)76(59-86-52-62-30-16-10-17-31-62)94-73(69)50-70-58-88-72(77(82-61(2)83)79(70)90-55-65-36-22-13-23-37-65)42-28-8-6-4-5-7-9-29-47-85-51-68-43-45-71(84-3)46-44-68/h10-27,30-41,43-46,60,69-70,72-81H,4-9,28-29,42,47-59H2,1-3H3,(H,82,83)/t60-,69-,70+,72-,73-,74+,75-,76+,77-,78+,79-,80+,81+/m0/s1. The lowest BCUT2D eigenvalue weighted by atomic mass is 9.77. The summed E-state index contributed by atoms with van der Waals surface area (Å²) >= 11 is 0. The zero-order chi connectivity index (χ0) is 64.8. The molecular weight excluding hydrogens is 1180 g/mol. The van der Waals surface area contributed by atoms with Crippen molar-refractivity contribution in [3.8, 4) is 5.75 Å². The monoisotopic (exact) mass is 1280 g/mol. The summed E-state index contributed by atoms with van der Waals surface area (Å²) in [7, 11) is 1.68. The van der Waals surface area contributed by atoms with Crippen LogP contribution in [-0.2, 0) is 98.4 Å². The van der Waals surface area contributed by atoms with E-state index in [0.717, 1.165) is 89.8 Å². The van der Waals surface area contributed by atoms with Gasteiger partial charge in [-0.2, -0.15) is 0 Å². The number of benzene rings is 7. The van der Waals surface area contributed by atoms with Crippen molar-refractivity contribution in [2.75, 3.05) is 26.9 Å². The molecule has 3 fully saturated rings. The van der Waals surface area contributed by atoms with Crippen LogP contribution in [0.15, 0.2) is 206 Å². The third-order valence-electron chi connectivity index (χ3n) is 18.7. The zero-order valence-corrected chi connectivity index (χ0v) is 55.6. The molecular formula is C81H101NO12. The van der Waals surface area contributed by atoms with Crippen LogP contribution in [0, 0.1) is 11.8 Å². The van der Waals surface area contributed by atoms with Gasteiger partial charge < -0.3 is 57.4 Å². The first kappa shape index (κ1) is 70.2. The molecule has 1 N–H and O–H groups in total. The van der Waals surface area contributed by atoms with Crippen molar-refractivity contribution in [3.05, 3.63) is 245 Å². The van der Waals surface area contributed by atoms with Crippen LogP contribution in [0.1, 0.15) is 130 Å². The van der Waals surface area contributed by atoms with E-state index in [9.17, 15) is 4.79 Å². The number of nitrogens with one attached hydrogen (secondary N) is 1. The predicted octanol–water partition coefficient (Wildman–Crippen LogP) is 15.7. The summed E-state index contributed by atoms with van der Waals surface area (Å²) in [4.78, 5) is 13.5. The molecule has 3 heterocycles. The summed E-state index contributed by atoms with van der Waals surface area (Å²) < 4.78 is 75.5. The van der Waals surface area contributed by atoms with Gasteiger partial charge in [-0.15, -0.1) is 0 Å². The minimum Gasteiger partial charge on any atom is -0.497 e. The van der Waals surface area contributed by atoms with Crippen LogP contribution in [0.2, 0.25) is 0 Å². The van der Waals surface area contributed by atoms with Gasteiger partial charge in [-0.05, 0) is 96.0 Å². The number of carbonyl (C=O) groups excluding carboxylic acids is 1. The lowest BCUT2D eigenvalue weighted by molar-refractivity contribution is -0.269. The molecule has 0 aliphatic carbocycles. The van der Waals surface area contributed by atoms with Crippen molar-refractivity contribution in [2.24, 2.45) is 11.8 Å². The highest BCUT2D eigenvalue weighted by Gasteiger charge is 2.51. The maximum atomic E-state index is 13.5. The Morgan fingerprint density at radius 1 is 0.426 bits per heavy atom. The third-order valence-corrected chi connectivity index (χ3v) is 18.7. The van der Waals surface area contributed by atoms with Crippen LogP contribution >= 0.6 is 0 Å². The van der Waals surface area contributed by atoms with Crippen molar-refractivity contribution < 1.29 is 56.9 Å². The molecule has 502 valence electrons. The van der Waals surface area contributed by atoms with Crippen molar-refractivity contribution in [1.29, 1.82) is 0 Å². The number of amides is 1. The van der Waals surface area contributed by atoms with Gasteiger partial charge >= 0.3 is 0 Å². The van der Waals surface area contributed by atoms with E-state index < -0.39 is 42.7 Å². The van der Waals surface area contributed by atoms with E-state index in [2.05, 4.69) is 109 Å². The molecule has 0 aromatic heterocycles. The SMILES string of the molecule is COc1ccc(COCCCCCCCCCC[C@@H]2OC[C@@H](C[C@@H]3O[C@H](COCc4ccccc4)[C@H](OCc4ccccc4)C[C@H]3C[C@@H]3O[C@@H](C)[C@@H](OCc4ccccc4)[C@@H](OCc4ccccc4)[C@@H]3OCc3ccccc3)[C@H](OCc3ccccc3)[C@H]2NC(C)=O)cc1. The summed E-state index contributed by atoms with van der Waals surface area (Å²) in [5.41, 5.74) is 7.55. The van der Waals surface area contributed by atoms with Gasteiger partial charge in [0.15, 0.2) is 0 Å². The second-order valence-electron chi connectivity index (χ2n) is 25.8. The number of hydrogen-bond donors (Lipinski definition) is 1. The molecule has 0 radical (unpaired) electrons. The topological polar surface area (TPSA) is 131 Å². The lowest BCUT2D eigenvalue weighted by Crippen LogP contribution is -2.61. The molecule has 0 saturated carbocycles. The molecule has 3 aliphatic heterocycles. The van der Waals surface area contributed by atoms with Crippen LogP contribution in [0.25, 0.3) is 0 Å². The molecule has 0 bridgehead atoms. The quantitative estimate of drug-likeness (QED) is 0.0370. The van der Waals surface area contributed by atoms with Gasteiger partial charge in [0, 0.05) is 19.4 Å². The van der Waals surface area contributed by atoms with Gasteiger partial charge in [0.1, 0.15) is 30.2 Å². The normalized spacial score (nSPS) is 24.6. The number of ether oxygens (including phenoxy) is 11. The fourth-order valence-corrected chi connectivity index (χ4v) is 13.6.